The molecule has 1 aromatic heterocycles. The SMILES string of the molecule is Cn1c(Cl)nc2c1CN(C(=O)C1CC1)CC2. The minimum absolute atomic E-state index is 0.297. The highest BCUT2D eigenvalue weighted by Gasteiger charge is 2.35. The largest absolute Gasteiger partial charge is 0.336 e. The van der Waals surface area contributed by atoms with Crippen LogP contribution in [0.5, 0.6) is 0 Å². The maximum Gasteiger partial charge on any atom is 0.226 e. The zero-order valence-corrected chi connectivity index (χ0v) is 10.00. The van der Waals surface area contributed by atoms with Crippen molar-refractivity contribution < 1.29 is 4.79 Å². The van der Waals surface area contributed by atoms with Crippen LogP contribution < -0.4 is 0 Å². The summed E-state index contributed by atoms with van der Waals surface area (Å²) >= 11 is 5.97. The lowest BCUT2D eigenvalue weighted by molar-refractivity contribution is -0.133. The Kier molecular flexibility index (Phi) is 2.21. The Morgan fingerprint density at radius 1 is 1.50 bits per heavy atom. The van der Waals surface area contributed by atoms with E-state index >= 15 is 0 Å². The van der Waals surface area contributed by atoms with E-state index in [1.54, 1.807) is 0 Å². The molecule has 1 aliphatic heterocycles. The van der Waals surface area contributed by atoms with E-state index in [1.807, 2.05) is 16.5 Å². The number of carbonyl (C=O) groups excluding carboxylic acids is 1. The minimum atomic E-state index is 0.297. The molecule has 0 saturated heterocycles. The van der Waals surface area contributed by atoms with Gasteiger partial charge in [0.2, 0.25) is 11.2 Å². The Balaban J connectivity index is 1.84. The second-order valence-electron chi connectivity index (χ2n) is 4.62. The van der Waals surface area contributed by atoms with Crippen molar-refractivity contribution in [3.05, 3.63) is 16.7 Å². The van der Waals surface area contributed by atoms with E-state index in [9.17, 15) is 4.79 Å². The van der Waals surface area contributed by atoms with Crippen LogP contribution in [0.15, 0.2) is 0 Å². The summed E-state index contributed by atoms with van der Waals surface area (Å²) in [4.78, 5) is 18.2. The molecule has 16 heavy (non-hydrogen) atoms. The number of hydrogen-bond acceptors (Lipinski definition) is 2. The van der Waals surface area contributed by atoms with Crippen LogP contribution in [0.1, 0.15) is 24.2 Å². The molecule has 0 unspecified atom stereocenters. The van der Waals surface area contributed by atoms with Gasteiger partial charge in [0.15, 0.2) is 0 Å². The van der Waals surface area contributed by atoms with Crippen molar-refractivity contribution >= 4 is 17.5 Å². The van der Waals surface area contributed by atoms with Crippen LogP contribution >= 0.6 is 11.6 Å². The van der Waals surface area contributed by atoms with E-state index in [-0.39, 0.29) is 0 Å². The Bertz CT molecular complexity index is 450. The van der Waals surface area contributed by atoms with Crippen LogP contribution in [-0.4, -0.2) is 26.9 Å². The van der Waals surface area contributed by atoms with E-state index in [1.165, 1.54) is 0 Å². The van der Waals surface area contributed by atoms with Crippen LogP contribution in [0.2, 0.25) is 5.28 Å². The summed E-state index contributed by atoms with van der Waals surface area (Å²) < 4.78 is 1.88. The summed E-state index contributed by atoms with van der Waals surface area (Å²) in [5, 5.41) is 0.519. The first-order valence-corrected chi connectivity index (χ1v) is 6.03. The molecule has 5 heteroatoms. The fourth-order valence-corrected chi connectivity index (χ4v) is 2.43. The Morgan fingerprint density at radius 3 is 2.94 bits per heavy atom. The van der Waals surface area contributed by atoms with Gasteiger partial charge < -0.3 is 9.47 Å². The lowest BCUT2D eigenvalue weighted by Crippen LogP contribution is -2.37. The van der Waals surface area contributed by atoms with Gasteiger partial charge in [-0.15, -0.1) is 0 Å². The lowest BCUT2D eigenvalue weighted by atomic mass is 10.1. The van der Waals surface area contributed by atoms with Crippen LogP contribution in [0.25, 0.3) is 0 Å². The van der Waals surface area contributed by atoms with Gasteiger partial charge in [-0.3, -0.25) is 4.79 Å². The van der Waals surface area contributed by atoms with Crippen LogP contribution in [-0.2, 0) is 24.8 Å². The van der Waals surface area contributed by atoms with E-state index in [2.05, 4.69) is 4.98 Å². The number of hydrogen-bond donors (Lipinski definition) is 0. The van der Waals surface area contributed by atoms with Gasteiger partial charge in [-0.25, -0.2) is 4.98 Å². The van der Waals surface area contributed by atoms with Crippen LogP contribution in [0.3, 0.4) is 0 Å². The number of rotatable bonds is 1. The van der Waals surface area contributed by atoms with Crippen molar-refractivity contribution in [2.45, 2.75) is 25.8 Å². The number of aromatic nitrogens is 2. The first-order valence-electron chi connectivity index (χ1n) is 5.65. The average Bonchev–Trinajstić information content (AvgIpc) is 3.07. The molecule has 2 heterocycles. The highest BCUT2D eigenvalue weighted by molar-refractivity contribution is 6.28. The van der Waals surface area contributed by atoms with E-state index in [0.29, 0.717) is 23.7 Å². The molecule has 0 spiro atoms. The predicted octanol–water partition coefficient (Wildman–Crippen LogP) is 1.37. The third kappa shape index (κ3) is 1.52. The molecule has 1 amide bonds. The van der Waals surface area contributed by atoms with Crippen molar-refractivity contribution in [1.82, 2.24) is 14.5 Å². The van der Waals surface area contributed by atoms with Gasteiger partial charge in [-0.2, -0.15) is 0 Å². The molecular weight excluding hydrogens is 226 g/mol. The fraction of sp³-hybridized carbons (Fsp3) is 0.636. The topological polar surface area (TPSA) is 38.1 Å². The number of halogens is 1. The summed E-state index contributed by atoms with van der Waals surface area (Å²) in [7, 11) is 1.90. The highest BCUT2D eigenvalue weighted by Crippen LogP contribution is 2.33. The van der Waals surface area contributed by atoms with Gasteiger partial charge in [0.1, 0.15) is 0 Å². The smallest absolute Gasteiger partial charge is 0.226 e. The maximum absolute atomic E-state index is 12.0. The number of imidazole rings is 1. The van der Waals surface area contributed by atoms with Crippen LogP contribution in [0, 0.1) is 5.92 Å². The Morgan fingerprint density at radius 2 is 2.25 bits per heavy atom. The average molecular weight is 240 g/mol. The Labute approximate surface area is 99.2 Å². The molecule has 0 bridgehead atoms. The second kappa shape index (κ2) is 3.48. The lowest BCUT2D eigenvalue weighted by Gasteiger charge is -2.27. The normalized spacial score (nSPS) is 19.8. The fourth-order valence-electron chi connectivity index (χ4n) is 2.23. The zero-order chi connectivity index (χ0) is 11.3. The minimum Gasteiger partial charge on any atom is -0.336 e. The predicted molar refractivity (Wildman–Crippen MR) is 60.1 cm³/mol. The molecule has 86 valence electrons. The molecule has 0 aromatic carbocycles. The molecule has 4 nitrogen and oxygen atoms in total. The first kappa shape index (κ1) is 10.1. The number of fused-ring (bicyclic) bond motifs is 1. The second-order valence-corrected chi connectivity index (χ2v) is 4.96. The molecule has 3 rings (SSSR count). The molecule has 1 aliphatic carbocycles. The molecule has 1 saturated carbocycles. The van der Waals surface area contributed by atoms with Crippen LogP contribution in [0.4, 0.5) is 0 Å². The zero-order valence-electron chi connectivity index (χ0n) is 9.24. The molecule has 0 N–H and O–H groups in total. The van der Waals surface area contributed by atoms with E-state index < -0.39 is 0 Å². The maximum atomic E-state index is 12.0. The number of nitrogens with zero attached hydrogens (tertiary/aromatic N) is 3. The van der Waals surface area contributed by atoms with Gasteiger partial charge in [0, 0.05) is 25.9 Å². The number of amides is 1. The van der Waals surface area contributed by atoms with Crippen molar-refractivity contribution in [2.75, 3.05) is 6.54 Å². The standard InChI is InChI=1S/C11H14ClN3O/c1-14-9-6-15(10(16)7-2-3-7)5-4-8(9)13-11(14)12/h7H,2-6H2,1H3. The van der Waals surface area contributed by atoms with Gasteiger partial charge >= 0.3 is 0 Å². The number of carbonyl (C=O) groups is 1. The van der Waals surface area contributed by atoms with E-state index in [4.69, 9.17) is 11.6 Å². The van der Waals surface area contributed by atoms with E-state index in [0.717, 1.165) is 37.2 Å². The molecule has 1 fully saturated rings. The Hall–Kier alpha value is -1.03. The summed E-state index contributed by atoms with van der Waals surface area (Å²) in [6, 6.07) is 0. The monoisotopic (exact) mass is 239 g/mol. The molecular formula is C11H14ClN3O. The summed E-state index contributed by atoms with van der Waals surface area (Å²) in [6.45, 7) is 1.45. The third-order valence-electron chi connectivity index (χ3n) is 3.44. The van der Waals surface area contributed by atoms with Gasteiger partial charge in [-0.05, 0) is 24.4 Å². The van der Waals surface area contributed by atoms with Crippen molar-refractivity contribution in [1.29, 1.82) is 0 Å². The highest BCUT2D eigenvalue weighted by atomic mass is 35.5. The summed E-state index contributed by atoms with van der Waals surface area (Å²) in [6.07, 6.45) is 2.96. The van der Waals surface area contributed by atoms with Crippen molar-refractivity contribution in [2.24, 2.45) is 13.0 Å². The quantitative estimate of drug-likeness (QED) is 0.743. The molecule has 2 aliphatic rings. The molecule has 0 radical (unpaired) electrons. The first-order chi connectivity index (χ1) is 7.66. The summed E-state index contributed by atoms with van der Waals surface area (Å²) in [5.41, 5.74) is 2.14. The van der Waals surface area contributed by atoms with Crippen molar-refractivity contribution in [3.8, 4) is 0 Å². The van der Waals surface area contributed by atoms with Gasteiger partial charge in [0.25, 0.3) is 0 Å². The van der Waals surface area contributed by atoms with Crippen molar-refractivity contribution in [3.63, 3.8) is 0 Å². The molecule has 0 atom stereocenters. The molecule has 1 aromatic rings. The van der Waals surface area contributed by atoms with Gasteiger partial charge in [-0.1, -0.05) is 0 Å². The van der Waals surface area contributed by atoms with Gasteiger partial charge in [0.05, 0.1) is 17.9 Å². The third-order valence-corrected chi connectivity index (χ3v) is 3.78. The summed E-state index contributed by atoms with van der Waals surface area (Å²) in [5.74, 6) is 0.605.